The summed E-state index contributed by atoms with van der Waals surface area (Å²) < 4.78 is 4.91. The molecule has 0 amide bonds. The third kappa shape index (κ3) is 31.2. The third-order valence-electron chi connectivity index (χ3n) is 8.34. The summed E-state index contributed by atoms with van der Waals surface area (Å²) in [5.74, 6) is -1.98. The zero-order valence-corrected chi connectivity index (χ0v) is 27.0. The Bertz CT molecular complexity index is 600. The predicted octanol–water partition coefficient (Wildman–Crippen LogP) is 11.9. The van der Waals surface area contributed by atoms with Gasteiger partial charge in [-0.15, -0.1) is 6.58 Å². The topological polar surface area (TPSA) is 63.6 Å². The molecule has 0 aromatic carbocycles. The maximum atomic E-state index is 11.6. The van der Waals surface area contributed by atoms with Crippen molar-refractivity contribution in [3.63, 3.8) is 0 Å². The molecule has 0 bridgehead atoms. The Morgan fingerprint density at radius 3 is 1.12 bits per heavy atom. The first-order valence-electron chi connectivity index (χ1n) is 17.7. The van der Waals surface area contributed by atoms with E-state index >= 15 is 0 Å². The van der Waals surface area contributed by atoms with Crippen molar-refractivity contribution >= 4 is 11.9 Å². The number of carbonyl (C=O) groups excluding carboxylic acids is 1. The van der Waals surface area contributed by atoms with Crippen LogP contribution < -0.4 is 0 Å². The summed E-state index contributed by atoms with van der Waals surface area (Å²) in [6, 6.07) is 0. The average molecular weight is 577 g/mol. The van der Waals surface area contributed by atoms with Gasteiger partial charge in [0.1, 0.15) is 6.61 Å². The summed E-state index contributed by atoms with van der Waals surface area (Å²) in [5.41, 5.74) is 0. The smallest absolute Gasteiger partial charge is 0.307 e. The van der Waals surface area contributed by atoms with Gasteiger partial charge in [0.05, 0.1) is 12.3 Å². The molecule has 0 aliphatic carbocycles. The van der Waals surface area contributed by atoms with Crippen molar-refractivity contribution < 1.29 is 19.4 Å². The van der Waals surface area contributed by atoms with Crippen molar-refractivity contribution in [3.8, 4) is 0 Å². The predicted molar refractivity (Wildman–Crippen MR) is 176 cm³/mol. The molecule has 0 spiro atoms. The van der Waals surface area contributed by atoms with E-state index < -0.39 is 17.9 Å². The van der Waals surface area contributed by atoms with Crippen molar-refractivity contribution in [2.75, 3.05) is 6.61 Å². The second kappa shape index (κ2) is 32.9. The quantitative estimate of drug-likeness (QED) is 0.0470. The molecule has 0 rings (SSSR count). The van der Waals surface area contributed by atoms with Gasteiger partial charge in [-0.2, -0.15) is 0 Å². The third-order valence-corrected chi connectivity index (χ3v) is 8.34. The number of ether oxygens (including phenoxy) is 1. The van der Waals surface area contributed by atoms with Gasteiger partial charge in [0.25, 0.3) is 0 Å². The number of esters is 1. The molecule has 1 unspecified atom stereocenters. The van der Waals surface area contributed by atoms with Gasteiger partial charge in [0, 0.05) is 0 Å². The van der Waals surface area contributed by atoms with Gasteiger partial charge in [0.2, 0.25) is 0 Å². The van der Waals surface area contributed by atoms with Crippen LogP contribution in [0.1, 0.15) is 186 Å². The number of hydrogen-bond donors (Lipinski definition) is 1. The minimum atomic E-state index is -0.899. The Morgan fingerprint density at radius 1 is 0.512 bits per heavy atom. The maximum Gasteiger partial charge on any atom is 0.307 e. The van der Waals surface area contributed by atoms with Crippen LogP contribution in [0.15, 0.2) is 25.3 Å². The lowest BCUT2D eigenvalue weighted by molar-refractivity contribution is -0.151. The largest absolute Gasteiger partial charge is 0.481 e. The summed E-state index contributed by atoms with van der Waals surface area (Å²) in [7, 11) is 0. The maximum absolute atomic E-state index is 11.6. The highest BCUT2D eigenvalue weighted by molar-refractivity contribution is 5.78. The Hall–Kier alpha value is -1.58. The minimum Gasteiger partial charge on any atom is -0.481 e. The molecule has 4 nitrogen and oxygen atoms in total. The fraction of sp³-hybridized carbons (Fsp3) is 0.838. The lowest BCUT2D eigenvalue weighted by atomic mass is 9.97. The van der Waals surface area contributed by atoms with Gasteiger partial charge in [-0.05, 0) is 19.3 Å². The lowest BCUT2D eigenvalue weighted by Crippen LogP contribution is -2.19. The summed E-state index contributed by atoms with van der Waals surface area (Å²) in [4.78, 5) is 23.0. The highest BCUT2D eigenvalue weighted by atomic mass is 16.5. The number of carbonyl (C=O) groups is 2. The first-order valence-corrected chi connectivity index (χ1v) is 17.7. The van der Waals surface area contributed by atoms with Gasteiger partial charge < -0.3 is 9.84 Å². The van der Waals surface area contributed by atoms with E-state index in [-0.39, 0.29) is 13.0 Å². The number of carboxylic acid groups (broad SMARTS) is 1. The van der Waals surface area contributed by atoms with E-state index in [4.69, 9.17) is 4.74 Å². The van der Waals surface area contributed by atoms with Crippen molar-refractivity contribution in [1.29, 1.82) is 0 Å². The second-order valence-corrected chi connectivity index (χ2v) is 12.3. The second-order valence-electron chi connectivity index (χ2n) is 12.3. The van der Waals surface area contributed by atoms with Gasteiger partial charge in [-0.3, -0.25) is 9.59 Å². The van der Waals surface area contributed by atoms with Gasteiger partial charge >= 0.3 is 11.9 Å². The van der Waals surface area contributed by atoms with Crippen LogP contribution in [0, 0.1) is 5.92 Å². The molecule has 0 heterocycles. The van der Waals surface area contributed by atoms with Crippen LogP contribution in [-0.2, 0) is 14.3 Å². The number of aliphatic carboxylic acids is 1. The van der Waals surface area contributed by atoms with Crippen molar-refractivity contribution in [1.82, 2.24) is 0 Å². The van der Waals surface area contributed by atoms with E-state index in [1.165, 1.54) is 160 Å². The van der Waals surface area contributed by atoms with Crippen LogP contribution in [-0.4, -0.2) is 23.7 Å². The molecule has 0 aromatic heterocycles. The average Bonchev–Trinajstić information content (AvgIpc) is 2.96. The van der Waals surface area contributed by atoms with Crippen LogP contribution in [0.3, 0.4) is 0 Å². The molecule has 4 heteroatoms. The molecule has 1 atom stereocenters. The van der Waals surface area contributed by atoms with Gasteiger partial charge in [-0.25, -0.2) is 0 Å². The SMILES string of the molecule is C=CCCCCCCCCCCCCCCCCCCCCCCCCCCCCC(CC(=O)OCC=C)C(=O)O. The van der Waals surface area contributed by atoms with E-state index in [1.807, 2.05) is 6.08 Å². The standard InChI is InChI=1S/C37H68O4/c1-3-5-6-7-8-9-10-11-12-13-14-15-16-17-18-19-20-21-22-23-24-25-26-27-28-29-30-31-32-35(37(39)40)34-36(38)41-33-4-2/h3-4,35H,1-2,5-34H2,(H,39,40). The van der Waals surface area contributed by atoms with Crippen LogP contribution in [0.2, 0.25) is 0 Å². The Morgan fingerprint density at radius 2 is 0.829 bits per heavy atom. The summed E-state index contributed by atoms with van der Waals surface area (Å²) in [6.07, 6.45) is 40.5. The highest BCUT2D eigenvalue weighted by Crippen LogP contribution is 2.18. The molecule has 0 fully saturated rings. The van der Waals surface area contributed by atoms with E-state index in [1.54, 1.807) is 0 Å². The lowest BCUT2D eigenvalue weighted by Gasteiger charge is -2.11. The normalized spacial score (nSPS) is 11.8. The number of allylic oxidation sites excluding steroid dienone is 1. The molecule has 0 aliphatic heterocycles. The molecule has 41 heavy (non-hydrogen) atoms. The Balaban J connectivity index is 3.26. The molecule has 0 radical (unpaired) electrons. The Labute approximate surface area is 255 Å². The molecule has 0 aromatic rings. The van der Waals surface area contributed by atoms with Gasteiger partial charge in [-0.1, -0.05) is 179 Å². The molecule has 240 valence electrons. The van der Waals surface area contributed by atoms with E-state index in [0.29, 0.717) is 6.42 Å². The van der Waals surface area contributed by atoms with E-state index in [2.05, 4.69) is 13.2 Å². The van der Waals surface area contributed by atoms with Crippen LogP contribution in [0.25, 0.3) is 0 Å². The first kappa shape index (κ1) is 39.4. The number of rotatable bonds is 34. The molecular formula is C37H68O4. The fourth-order valence-corrected chi connectivity index (χ4v) is 5.65. The number of carboxylic acids is 1. The molecule has 1 N–H and O–H groups in total. The highest BCUT2D eigenvalue weighted by Gasteiger charge is 2.21. The van der Waals surface area contributed by atoms with Crippen molar-refractivity contribution in [2.45, 2.75) is 186 Å². The summed E-state index contributed by atoms with van der Waals surface area (Å²) in [6.45, 7) is 7.43. The summed E-state index contributed by atoms with van der Waals surface area (Å²) in [5, 5.41) is 9.32. The van der Waals surface area contributed by atoms with E-state index in [9.17, 15) is 14.7 Å². The zero-order valence-electron chi connectivity index (χ0n) is 27.0. The fourth-order valence-electron chi connectivity index (χ4n) is 5.65. The zero-order chi connectivity index (χ0) is 30.1. The van der Waals surface area contributed by atoms with Crippen molar-refractivity contribution in [3.05, 3.63) is 25.3 Å². The summed E-state index contributed by atoms with van der Waals surface area (Å²) >= 11 is 0. The van der Waals surface area contributed by atoms with Crippen molar-refractivity contribution in [2.24, 2.45) is 5.92 Å². The number of unbranched alkanes of at least 4 members (excludes halogenated alkanes) is 26. The number of hydrogen-bond acceptors (Lipinski definition) is 3. The first-order chi connectivity index (χ1) is 20.1. The monoisotopic (exact) mass is 577 g/mol. The van der Waals surface area contributed by atoms with Crippen LogP contribution >= 0.6 is 0 Å². The molecule has 0 aliphatic rings. The van der Waals surface area contributed by atoms with Gasteiger partial charge in [0.15, 0.2) is 0 Å². The Kier molecular flexibility index (Phi) is 31.7. The van der Waals surface area contributed by atoms with Crippen LogP contribution in [0.5, 0.6) is 0 Å². The van der Waals surface area contributed by atoms with E-state index in [0.717, 1.165) is 19.3 Å². The van der Waals surface area contributed by atoms with Crippen LogP contribution in [0.4, 0.5) is 0 Å². The minimum absolute atomic E-state index is 0.0405. The molecular weight excluding hydrogens is 508 g/mol. The molecule has 0 saturated heterocycles. The molecule has 0 saturated carbocycles.